The zero-order valence-electron chi connectivity index (χ0n) is 18.1. The van der Waals surface area contributed by atoms with Crippen molar-refractivity contribution in [2.45, 2.75) is 58.3 Å². The average Bonchev–Trinajstić information content (AvgIpc) is 3.20. The third-order valence-electron chi connectivity index (χ3n) is 5.03. The molecular weight excluding hydrogens is 370 g/mol. The Hall–Kier alpha value is -2.81. The summed E-state index contributed by atoms with van der Waals surface area (Å²) in [5, 5.41) is 0. The number of unbranched alkanes of at least 4 members (excludes halogenated alkanes) is 6. The molecule has 0 radical (unpaired) electrons. The first-order valence-corrected chi connectivity index (χ1v) is 11.3. The number of rotatable bonds is 13. The molecule has 0 saturated carbocycles. The molecule has 0 amide bonds. The number of hydrogen-bond donors (Lipinski definition) is 0. The van der Waals surface area contributed by atoms with Gasteiger partial charge in [-0.15, -0.1) is 0 Å². The summed E-state index contributed by atoms with van der Waals surface area (Å²) in [6.07, 6.45) is 18.6. The van der Waals surface area contributed by atoms with Crippen molar-refractivity contribution >= 4 is 23.3 Å². The van der Waals surface area contributed by atoms with Gasteiger partial charge >= 0.3 is 0 Å². The number of benzene rings is 2. The molecule has 158 valence electrons. The van der Waals surface area contributed by atoms with Gasteiger partial charge in [0.15, 0.2) is 5.58 Å². The quantitative estimate of drug-likeness (QED) is 0.214. The number of fused-ring (bicyclic) bond motifs is 1. The van der Waals surface area contributed by atoms with E-state index in [0.29, 0.717) is 5.89 Å². The van der Waals surface area contributed by atoms with Gasteiger partial charge in [0, 0.05) is 6.08 Å². The molecule has 3 aromatic rings. The highest BCUT2D eigenvalue weighted by Crippen LogP contribution is 2.18. The van der Waals surface area contributed by atoms with E-state index in [1.54, 1.807) is 0 Å². The third-order valence-corrected chi connectivity index (χ3v) is 5.03. The minimum absolute atomic E-state index is 0.617. The second kappa shape index (κ2) is 12.7. The highest BCUT2D eigenvalue weighted by atomic mass is 16.5. The summed E-state index contributed by atoms with van der Waals surface area (Å²) in [5.41, 5.74) is 2.78. The molecule has 0 aliphatic carbocycles. The first-order valence-electron chi connectivity index (χ1n) is 11.3. The Morgan fingerprint density at radius 1 is 0.833 bits per heavy atom. The minimum atomic E-state index is 0.617. The van der Waals surface area contributed by atoms with E-state index in [9.17, 15) is 0 Å². The van der Waals surface area contributed by atoms with Crippen LogP contribution in [0, 0.1) is 0 Å². The summed E-state index contributed by atoms with van der Waals surface area (Å²) < 4.78 is 11.6. The molecule has 0 spiro atoms. The summed E-state index contributed by atoms with van der Waals surface area (Å²) in [6.45, 7) is 3.02. The normalized spacial score (nSPS) is 11.8. The molecule has 0 atom stereocenters. The summed E-state index contributed by atoms with van der Waals surface area (Å²) in [6, 6.07) is 15.9. The Bertz CT molecular complexity index is 888. The van der Waals surface area contributed by atoms with Crippen molar-refractivity contribution in [1.29, 1.82) is 0 Å². The van der Waals surface area contributed by atoms with E-state index in [0.717, 1.165) is 41.9 Å². The van der Waals surface area contributed by atoms with Gasteiger partial charge in [-0.3, -0.25) is 0 Å². The van der Waals surface area contributed by atoms with E-state index in [1.165, 1.54) is 38.5 Å². The molecule has 3 rings (SSSR count). The molecule has 0 N–H and O–H groups in total. The van der Waals surface area contributed by atoms with Gasteiger partial charge in [-0.05, 0) is 68.0 Å². The predicted molar refractivity (Wildman–Crippen MR) is 127 cm³/mol. The maximum Gasteiger partial charge on any atom is 0.220 e. The highest BCUT2D eigenvalue weighted by molar-refractivity contribution is 5.75. The standard InChI is InChI=1S/C27H33NO2/c1-2-3-4-5-6-7-8-9-10-13-22-29-24-19-16-23(17-20-24)18-21-27-28-25-14-11-12-15-26(25)30-27/h7-8,11-12,14-21H,2-6,9-10,13,22H2,1H3/b8-7+,21-18+. The van der Waals surface area contributed by atoms with E-state index in [-0.39, 0.29) is 0 Å². The Labute approximate surface area is 180 Å². The lowest BCUT2D eigenvalue weighted by atomic mass is 10.1. The van der Waals surface area contributed by atoms with Crippen molar-refractivity contribution in [1.82, 2.24) is 4.98 Å². The number of aromatic nitrogens is 1. The van der Waals surface area contributed by atoms with Crippen LogP contribution in [0.5, 0.6) is 5.75 Å². The van der Waals surface area contributed by atoms with Crippen molar-refractivity contribution in [2.24, 2.45) is 0 Å². The van der Waals surface area contributed by atoms with Crippen LogP contribution in [-0.4, -0.2) is 11.6 Å². The molecule has 30 heavy (non-hydrogen) atoms. The van der Waals surface area contributed by atoms with Crippen LogP contribution in [0.2, 0.25) is 0 Å². The molecular formula is C27H33NO2. The largest absolute Gasteiger partial charge is 0.494 e. The lowest BCUT2D eigenvalue weighted by Gasteiger charge is -2.05. The molecule has 2 aromatic carbocycles. The molecule has 1 heterocycles. The number of para-hydroxylation sites is 2. The summed E-state index contributed by atoms with van der Waals surface area (Å²) in [5.74, 6) is 1.53. The SMILES string of the molecule is CCCCCC/C=C/CCCCOc1ccc(/C=C/c2nc3ccccc3o2)cc1. The summed E-state index contributed by atoms with van der Waals surface area (Å²) >= 11 is 0. The predicted octanol–water partition coefficient (Wildman–Crippen LogP) is 8.07. The minimum Gasteiger partial charge on any atom is -0.494 e. The molecule has 0 aliphatic heterocycles. The van der Waals surface area contributed by atoms with Gasteiger partial charge in [0.2, 0.25) is 5.89 Å². The van der Waals surface area contributed by atoms with E-state index < -0.39 is 0 Å². The second-order valence-electron chi connectivity index (χ2n) is 7.59. The fourth-order valence-corrected chi connectivity index (χ4v) is 3.28. The molecule has 0 aliphatic rings. The lowest BCUT2D eigenvalue weighted by molar-refractivity contribution is 0.307. The van der Waals surface area contributed by atoms with Crippen LogP contribution in [0.3, 0.4) is 0 Å². The number of hydrogen-bond acceptors (Lipinski definition) is 3. The zero-order valence-corrected chi connectivity index (χ0v) is 18.1. The number of allylic oxidation sites excluding steroid dienone is 2. The maximum atomic E-state index is 5.86. The molecule has 0 unspecified atom stereocenters. The third kappa shape index (κ3) is 7.55. The molecule has 1 aromatic heterocycles. The van der Waals surface area contributed by atoms with Crippen LogP contribution in [-0.2, 0) is 0 Å². The van der Waals surface area contributed by atoms with Crippen LogP contribution in [0.4, 0.5) is 0 Å². The zero-order chi connectivity index (χ0) is 20.9. The average molecular weight is 404 g/mol. The van der Waals surface area contributed by atoms with Gasteiger partial charge < -0.3 is 9.15 Å². The highest BCUT2D eigenvalue weighted by Gasteiger charge is 2.01. The number of oxazole rings is 1. The lowest BCUT2D eigenvalue weighted by Crippen LogP contribution is -1.96. The van der Waals surface area contributed by atoms with E-state index >= 15 is 0 Å². The topological polar surface area (TPSA) is 35.3 Å². The van der Waals surface area contributed by atoms with Crippen molar-refractivity contribution in [2.75, 3.05) is 6.61 Å². The molecule has 0 fully saturated rings. The molecule has 0 saturated heterocycles. The van der Waals surface area contributed by atoms with Crippen LogP contribution < -0.4 is 4.74 Å². The van der Waals surface area contributed by atoms with Crippen molar-refractivity contribution in [3.8, 4) is 5.75 Å². The smallest absolute Gasteiger partial charge is 0.220 e. The van der Waals surface area contributed by atoms with Crippen LogP contribution >= 0.6 is 0 Å². The molecule has 3 heteroatoms. The monoisotopic (exact) mass is 403 g/mol. The Balaban J connectivity index is 1.32. The van der Waals surface area contributed by atoms with E-state index in [2.05, 4.69) is 36.2 Å². The summed E-state index contributed by atoms with van der Waals surface area (Å²) in [4.78, 5) is 4.46. The maximum absolute atomic E-state index is 5.86. The van der Waals surface area contributed by atoms with Crippen molar-refractivity contribution in [3.05, 3.63) is 72.1 Å². The fraction of sp³-hybridized carbons (Fsp3) is 0.370. The first-order chi connectivity index (χ1) is 14.8. The summed E-state index contributed by atoms with van der Waals surface area (Å²) in [7, 11) is 0. The first kappa shape index (κ1) is 21.9. The van der Waals surface area contributed by atoms with Crippen LogP contribution in [0.1, 0.15) is 69.7 Å². The van der Waals surface area contributed by atoms with Crippen LogP contribution in [0.15, 0.2) is 65.1 Å². The van der Waals surface area contributed by atoms with Gasteiger partial charge in [0.05, 0.1) is 6.61 Å². The Morgan fingerprint density at radius 3 is 2.37 bits per heavy atom. The van der Waals surface area contributed by atoms with Gasteiger partial charge in [-0.2, -0.15) is 0 Å². The van der Waals surface area contributed by atoms with Gasteiger partial charge in [0.1, 0.15) is 11.3 Å². The van der Waals surface area contributed by atoms with E-state index in [1.807, 2.05) is 48.6 Å². The van der Waals surface area contributed by atoms with Gasteiger partial charge in [-0.25, -0.2) is 4.98 Å². The van der Waals surface area contributed by atoms with E-state index in [4.69, 9.17) is 9.15 Å². The Morgan fingerprint density at radius 2 is 1.60 bits per heavy atom. The second-order valence-corrected chi connectivity index (χ2v) is 7.59. The van der Waals surface area contributed by atoms with Gasteiger partial charge in [0.25, 0.3) is 0 Å². The number of nitrogens with zero attached hydrogens (tertiary/aromatic N) is 1. The van der Waals surface area contributed by atoms with Crippen molar-refractivity contribution in [3.63, 3.8) is 0 Å². The fourth-order valence-electron chi connectivity index (χ4n) is 3.28. The Kier molecular flexibility index (Phi) is 9.26. The number of ether oxygens (including phenoxy) is 1. The van der Waals surface area contributed by atoms with Crippen molar-refractivity contribution < 1.29 is 9.15 Å². The molecule has 3 nitrogen and oxygen atoms in total. The molecule has 0 bridgehead atoms. The van der Waals surface area contributed by atoms with Crippen LogP contribution in [0.25, 0.3) is 23.3 Å². The van der Waals surface area contributed by atoms with Gasteiger partial charge in [-0.1, -0.05) is 62.6 Å².